The Morgan fingerprint density at radius 2 is 2.04 bits per heavy atom. The molecule has 0 aliphatic carbocycles. The number of ether oxygens (including phenoxy) is 2. The van der Waals surface area contributed by atoms with Crippen LogP contribution in [0.4, 0.5) is 5.82 Å². The molecule has 0 unspecified atom stereocenters. The molecule has 2 heterocycles. The van der Waals surface area contributed by atoms with Crippen LogP contribution in [0.5, 0.6) is 11.5 Å². The lowest BCUT2D eigenvalue weighted by atomic mass is 10.2. The summed E-state index contributed by atoms with van der Waals surface area (Å²) < 4.78 is 10.6. The van der Waals surface area contributed by atoms with E-state index in [4.69, 9.17) is 9.47 Å². The molecule has 2 N–H and O–H groups in total. The Balaban J connectivity index is 1.59. The highest BCUT2D eigenvalue weighted by atomic mass is 16.7. The maximum Gasteiger partial charge on any atom is 0.270 e. The van der Waals surface area contributed by atoms with E-state index in [2.05, 4.69) is 34.4 Å². The third-order valence-corrected chi connectivity index (χ3v) is 3.48. The van der Waals surface area contributed by atoms with Gasteiger partial charge in [0.15, 0.2) is 11.5 Å². The monoisotopic (exact) mass is 328 g/mol. The molecule has 1 aromatic carbocycles. The summed E-state index contributed by atoms with van der Waals surface area (Å²) in [4.78, 5) is 20.4. The highest BCUT2D eigenvalue weighted by molar-refractivity contribution is 5.92. The van der Waals surface area contributed by atoms with Gasteiger partial charge in [-0.2, -0.15) is 0 Å². The number of hydrogen-bond acceptors (Lipinski definition) is 6. The van der Waals surface area contributed by atoms with Gasteiger partial charge in [-0.25, -0.2) is 9.97 Å². The van der Waals surface area contributed by atoms with Gasteiger partial charge in [-0.1, -0.05) is 19.9 Å². The average molecular weight is 328 g/mol. The molecule has 126 valence electrons. The van der Waals surface area contributed by atoms with Crippen LogP contribution in [0.25, 0.3) is 0 Å². The predicted molar refractivity (Wildman–Crippen MR) is 89.1 cm³/mol. The zero-order valence-corrected chi connectivity index (χ0v) is 13.7. The van der Waals surface area contributed by atoms with E-state index in [1.807, 2.05) is 18.2 Å². The molecular weight excluding hydrogens is 308 g/mol. The molecule has 24 heavy (non-hydrogen) atoms. The number of hydrogen-bond donors (Lipinski definition) is 2. The second-order valence-corrected chi connectivity index (χ2v) is 5.93. The van der Waals surface area contributed by atoms with Gasteiger partial charge in [-0.15, -0.1) is 0 Å². The molecule has 0 saturated carbocycles. The van der Waals surface area contributed by atoms with Gasteiger partial charge in [0.05, 0.1) is 0 Å². The van der Waals surface area contributed by atoms with E-state index in [1.54, 1.807) is 6.07 Å². The summed E-state index contributed by atoms with van der Waals surface area (Å²) in [6.45, 7) is 5.61. The summed E-state index contributed by atoms with van der Waals surface area (Å²) >= 11 is 0. The van der Waals surface area contributed by atoms with Crippen LogP contribution in [0, 0.1) is 5.92 Å². The molecule has 1 aliphatic rings. The first-order valence-corrected chi connectivity index (χ1v) is 7.84. The molecule has 3 rings (SSSR count). The summed E-state index contributed by atoms with van der Waals surface area (Å²) in [7, 11) is 0. The van der Waals surface area contributed by atoms with Crippen molar-refractivity contribution in [3.63, 3.8) is 0 Å². The molecule has 0 radical (unpaired) electrons. The molecule has 2 aromatic rings. The average Bonchev–Trinajstić information content (AvgIpc) is 3.06. The lowest BCUT2D eigenvalue weighted by Gasteiger charge is -2.09. The minimum atomic E-state index is -0.248. The topological polar surface area (TPSA) is 85.4 Å². The fourth-order valence-corrected chi connectivity index (χ4v) is 2.21. The number of anilines is 1. The van der Waals surface area contributed by atoms with Crippen LogP contribution in [0.2, 0.25) is 0 Å². The quantitative estimate of drug-likeness (QED) is 0.845. The summed E-state index contributed by atoms with van der Waals surface area (Å²) in [6, 6.07) is 7.24. The molecule has 1 aliphatic heterocycles. The van der Waals surface area contributed by atoms with Gasteiger partial charge in [0, 0.05) is 19.2 Å². The fraction of sp³-hybridized carbons (Fsp3) is 0.353. The molecule has 0 spiro atoms. The first-order chi connectivity index (χ1) is 11.6. The Bertz CT molecular complexity index is 734. The maximum absolute atomic E-state index is 12.3. The number of nitrogens with one attached hydrogen (secondary N) is 2. The Hall–Kier alpha value is -2.83. The number of nitrogens with zero attached hydrogens (tertiary/aromatic N) is 2. The lowest BCUT2D eigenvalue weighted by molar-refractivity contribution is 0.0945. The van der Waals surface area contributed by atoms with Gasteiger partial charge in [-0.3, -0.25) is 4.79 Å². The second-order valence-electron chi connectivity index (χ2n) is 5.93. The van der Waals surface area contributed by atoms with Gasteiger partial charge in [0.25, 0.3) is 5.91 Å². The van der Waals surface area contributed by atoms with Crippen LogP contribution < -0.4 is 20.1 Å². The number of aromatic nitrogens is 2. The highest BCUT2D eigenvalue weighted by Crippen LogP contribution is 2.32. The smallest absolute Gasteiger partial charge is 0.270 e. The van der Waals surface area contributed by atoms with Crippen molar-refractivity contribution >= 4 is 11.7 Å². The van der Waals surface area contributed by atoms with Crippen molar-refractivity contribution in [1.82, 2.24) is 15.3 Å². The Morgan fingerprint density at radius 1 is 1.21 bits per heavy atom. The van der Waals surface area contributed by atoms with E-state index in [-0.39, 0.29) is 12.7 Å². The molecule has 0 bridgehead atoms. The SMILES string of the molecule is CC(C)CNc1cc(C(=O)NCc2ccc3c(c2)OCO3)ncn1. The predicted octanol–water partition coefficient (Wildman–Crippen LogP) is 2.20. The number of carbonyl (C=O) groups excluding carboxylic acids is 1. The van der Waals surface area contributed by atoms with Crippen LogP contribution in [-0.4, -0.2) is 29.2 Å². The van der Waals surface area contributed by atoms with Crippen molar-refractivity contribution in [3.8, 4) is 11.5 Å². The number of rotatable bonds is 6. The number of fused-ring (bicyclic) bond motifs is 1. The zero-order chi connectivity index (χ0) is 16.9. The lowest BCUT2D eigenvalue weighted by Crippen LogP contribution is -2.24. The van der Waals surface area contributed by atoms with E-state index in [0.717, 1.165) is 17.9 Å². The summed E-state index contributed by atoms with van der Waals surface area (Å²) in [5.41, 5.74) is 1.26. The Labute approximate surface area is 140 Å². The van der Waals surface area contributed by atoms with Gasteiger partial charge in [-0.05, 0) is 23.6 Å². The first-order valence-electron chi connectivity index (χ1n) is 7.84. The van der Waals surface area contributed by atoms with E-state index in [1.165, 1.54) is 6.33 Å². The van der Waals surface area contributed by atoms with E-state index in [0.29, 0.717) is 29.7 Å². The van der Waals surface area contributed by atoms with Crippen LogP contribution in [0.3, 0.4) is 0 Å². The molecule has 0 atom stereocenters. The number of carbonyl (C=O) groups is 1. The molecule has 0 fully saturated rings. The van der Waals surface area contributed by atoms with Crippen molar-refractivity contribution in [2.45, 2.75) is 20.4 Å². The van der Waals surface area contributed by atoms with Crippen molar-refractivity contribution < 1.29 is 14.3 Å². The molecule has 1 aromatic heterocycles. The van der Waals surface area contributed by atoms with Crippen molar-refractivity contribution in [3.05, 3.63) is 41.9 Å². The third-order valence-electron chi connectivity index (χ3n) is 3.48. The summed E-state index contributed by atoms with van der Waals surface area (Å²) in [6.07, 6.45) is 1.39. The molecule has 1 amide bonds. The molecule has 7 heteroatoms. The van der Waals surface area contributed by atoms with Gasteiger partial charge in [0.2, 0.25) is 6.79 Å². The van der Waals surface area contributed by atoms with E-state index < -0.39 is 0 Å². The fourth-order valence-electron chi connectivity index (χ4n) is 2.21. The zero-order valence-electron chi connectivity index (χ0n) is 13.7. The van der Waals surface area contributed by atoms with Crippen LogP contribution in [0.15, 0.2) is 30.6 Å². The Morgan fingerprint density at radius 3 is 2.88 bits per heavy atom. The number of amides is 1. The van der Waals surface area contributed by atoms with E-state index >= 15 is 0 Å². The standard InChI is InChI=1S/C17H20N4O3/c1-11(2)7-18-16-6-13(20-9-21-16)17(22)19-8-12-3-4-14-15(5-12)24-10-23-14/h3-6,9,11H,7-8,10H2,1-2H3,(H,19,22)(H,18,20,21). The number of benzene rings is 1. The first kappa shape index (κ1) is 16.0. The van der Waals surface area contributed by atoms with Gasteiger partial charge < -0.3 is 20.1 Å². The largest absolute Gasteiger partial charge is 0.454 e. The van der Waals surface area contributed by atoms with Crippen LogP contribution in [0.1, 0.15) is 29.9 Å². The van der Waals surface area contributed by atoms with Crippen molar-refractivity contribution in [2.24, 2.45) is 5.92 Å². The minimum Gasteiger partial charge on any atom is -0.454 e. The van der Waals surface area contributed by atoms with Crippen LogP contribution >= 0.6 is 0 Å². The third kappa shape index (κ3) is 3.92. The van der Waals surface area contributed by atoms with E-state index in [9.17, 15) is 4.79 Å². The molecule has 0 saturated heterocycles. The molecular formula is C17H20N4O3. The molecule has 7 nitrogen and oxygen atoms in total. The highest BCUT2D eigenvalue weighted by Gasteiger charge is 2.14. The second kappa shape index (κ2) is 7.16. The normalized spacial score (nSPS) is 12.3. The van der Waals surface area contributed by atoms with Crippen molar-refractivity contribution in [2.75, 3.05) is 18.7 Å². The Kier molecular flexibility index (Phi) is 4.79. The summed E-state index contributed by atoms with van der Waals surface area (Å²) in [5, 5.41) is 6.03. The van der Waals surface area contributed by atoms with Crippen molar-refractivity contribution in [1.29, 1.82) is 0 Å². The minimum absolute atomic E-state index is 0.234. The van der Waals surface area contributed by atoms with Crippen LogP contribution in [-0.2, 0) is 6.54 Å². The summed E-state index contributed by atoms with van der Waals surface area (Å²) in [5.74, 6) is 2.31. The maximum atomic E-state index is 12.3. The van der Waals surface area contributed by atoms with Gasteiger partial charge >= 0.3 is 0 Å². The van der Waals surface area contributed by atoms with Gasteiger partial charge in [0.1, 0.15) is 17.8 Å².